The third-order valence-corrected chi connectivity index (χ3v) is 4.04. The van der Waals surface area contributed by atoms with Gasteiger partial charge in [0, 0.05) is 11.0 Å². The summed E-state index contributed by atoms with van der Waals surface area (Å²) in [7, 11) is 0. The lowest BCUT2D eigenvalue weighted by Gasteiger charge is -2.38. The molecule has 1 fully saturated rings. The van der Waals surface area contributed by atoms with Gasteiger partial charge in [-0.2, -0.15) is 0 Å². The fraction of sp³-hybridized carbons (Fsp3) is 0.625. The van der Waals surface area contributed by atoms with Crippen molar-refractivity contribution < 1.29 is 14.6 Å². The summed E-state index contributed by atoms with van der Waals surface area (Å²) >= 11 is 0. The zero-order chi connectivity index (χ0) is 13.9. The van der Waals surface area contributed by atoms with Crippen LogP contribution in [-0.4, -0.2) is 24.9 Å². The number of aliphatic hydroxyl groups is 1. The average molecular weight is 264 g/mol. The summed E-state index contributed by atoms with van der Waals surface area (Å²) in [4.78, 5) is 0. The lowest BCUT2D eigenvalue weighted by atomic mass is 9.87. The summed E-state index contributed by atoms with van der Waals surface area (Å²) in [6, 6.07) is 8.39. The summed E-state index contributed by atoms with van der Waals surface area (Å²) in [5.74, 6) is 0.532. The number of hydrogen-bond donors (Lipinski definition) is 1. The van der Waals surface area contributed by atoms with Crippen LogP contribution in [0.15, 0.2) is 24.3 Å². The van der Waals surface area contributed by atoms with E-state index >= 15 is 0 Å². The molecule has 2 rings (SSSR count). The smallest absolute Gasteiger partial charge is 0.183 e. The van der Waals surface area contributed by atoms with Crippen LogP contribution in [0.2, 0.25) is 0 Å². The van der Waals surface area contributed by atoms with Crippen LogP contribution in [0.4, 0.5) is 0 Å². The quantitative estimate of drug-likeness (QED) is 0.907. The molecule has 1 aromatic rings. The van der Waals surface area contributed by atoms with E-state index in [9.17, 15) is 5.11 Å². The van der Waals surface area contributed by atoms with E-state index in [1.807, 2.05) is 0 Å². The predicted molar refractivity (Wildman–Crippen MR) is 75.0 cm³/mol. The molecule has 0 radical (unpaired) electrons. The van der Waals surface area contributed by atoms with Crippen molar-refractivity contribution >= 4 is 0 Å². The van der Waals surface area contributed by atoms with Gasteiger partial charge >= 0.3 is 0 Å². The first-order chi connectivity index (χ1) is 9.10. The second-order valence-corrected chi connectivity index (χ2v) is 5.79. The minimum Gasteiger partial charge on any atom is -0.396 e. The molecule has 1 N–H and O–H groups in total. The molecule has 0 aromatic heterocycles. The predicted octanol–water partition coefficient (Wildman–Crippen LogP) is 3.24. The number of hydrogen-bond acceptors (Lipinski definition) is 3. The first-order valence-electron chi connectivity index (χ1n) is 7.04. The zero-order valence-electron chi connectivity index (χ0n) is 12.1. The van der Waals surface area contributed by atoms with Gasteiger partial charge in [-0.1, -0.05) is 45.0 Å². The molecule has 1 heterocycles. The molecule has 0 bridgehead atoms. The van der Waals surface area contributed by atoms with Crippen LogP contribution in [-0.2, 0) is 9.47 Å². The van der Waals surface area contributed by atoms with E-state index < -0.39 is 0 Å². The van der Waals surface area contributed by atoms with E-state index in [1.165, 1.54) is 5.56 Å². The summed E-state index contributed by atoms with van der Waals surface area (Å²) in [5.41, 5.74) is 2.14. The third-order valence-electron chi connectivity index (χ3n) is 4.04. The highest BCUT2D eigenvalue weighted by Gasteiger charge is 2.35. The molecule has 0 atom stereocenters. The Hall–Kier alpha value is -0.900. The minimum atomic E-state index is -0.299. The van der Waals surface area contributed by atoms with Crippen molar-refractivity contribution in [3.05, 3.63) is 35.4 Å². The Balaban J connectivity index is 2.01. The summed E-state index contributed by atoms with van der Waals surface area (Å²) in [5, 5.41) is 9.44. The van der Waals surface area contributed by atoms with Crippen LogP contribution in [0.1, 0.15) is 50.5 Å². The van der Waals surface area contributed by atoms with E-state index in [1.54, 1.807) is 0 Å². The maximum atomic E-state index is 9.44. The first-order valence-corrected chi connectivity index (χ1v) is 7.04. The maximum absolute atomic E-state index is 9.44. The van der Waals surface area contributed by atoms with Crippen LogP contribution in [0.3, 0.4) is 0 Å². The fourth-order valence-corrected chi connectivity index (χ4v) is 2.23. The van der Waals surface area contributed by atoms with E-state index in [4.69, 9.17) is 9.47 Å². The van der Waals surface area contributed by atoms with Crippen molar-refractivity contribution in [1.82, 2.24) is 0 Å². The second kappa shape index (κ2) is 6.04. The second-order valence-electron chi connectivity index (χ2n) is 5.79. The minimum absolute atomic E-state index is 0.114. The van der Waals surface area contributed by atoms with Gasteiger partial charge in [0.2, 0.25) is 0 Å². The topological polar surface area (TPSA) is 38.7 Å². The molecule has 0 spiro atoms. The number of benzene rings is 1. The third kappa shape index (κ3) is 3.16. The van der Waals surface area contributed by atoms with Gasteiger partial charge in [-0.3, -0.25) is 0 Å². The van der Waals surface area contributed by atoms with Crippen molar-refractivity contribution in [1.29, 1.82) is 0 Å². The molecule has 1 aliphatic rings. The Morgan fingerprint density at radius 3 is 2.21 bits per heavy atom. The number of ether oxygens (including phenoxy) is 2. The van der Waals surface area contributed by atoms with E-state index in [2.05, 4.69) is 45.0 Å². The van der Waals surface area contributed by atoms with E-state index in [0.717, 1.165) is 12.0 Å². The Morgan fingerprint density at radius 1 is 1.21 bits per heavy atom. The normalized spacial score (nSPS) is 27.7. The van der Waals surface area contributed by atoms with Crippen molar-refractivity contribution in [2.24, 2.45) is 5.41 Å². The van der Waals surface area contributed by atoms with E-state index in [0.29, 0.717) is 19.1 Å². The highest BCUT2D eigenvalue weighted by Crippen LogP contribution is 2.34. The summed E-state index contributed by atoms with van der Waals surface area (Å²) < 4.78 is 11.6. The van der Waals surface area contributed by atoms with Gasteiger partial charge in [0.15, 0.2) is 6.29 Å². The molecular formula is C16H24O3. The first kappa shape index (κ1) is 14.5. The van der Waals surface area contributed by atoms with Gasteiger partial charge in [0.25, 0.3) is 0 Å². The Labute approximate surface area is 115 Å². The van der Waals surface area contributed by atoms with Crippen LogP contribution in [0.5, 0.6) is 0 Å². The van der Waals surface area contributed by atoms with Crippen molar-refractivity contribution in [3.8, 4) is 0 Å². The fourth-order valence-electron chi connectivity index (χ4n) is 2.23. The number of aliphatic hydroxyl groups excluding tert-OH is 1. The van der Waals surface area contributed by atoms with Crippen LogP contribution < -0.4 is 0 Å². The van der Waals surface area contributed by atoms with Gasteiger partial charge < -0.3 is 14.6 Å². The van der Waals surface area contributed by atoms with Gasteiger partial charge in [-0.05, 0) is 17.9 Å². The maximum Gasteiger partial charge on any atom is 0.183 e. The molecule has 0 saturated carbocycles. The van der Waals surface area contributed by atoms with Gasteiger partial charge in [-0.25, -0.2) is 0 Å². The van der Waals surface area contributed by atoms with Crippen molar-refractivity contribution in [2.45, 2.75) is 39.4 Å². The summed E-state index contributed by atoms with van der Waals surface area (Å²) in [6.07, 6.45) is 0.565. The molecular weight excluding hydrogens is 240 g/mol. The highest BCUT2D eigenvalue weighted by atomic mass is 16.7. The standard InChI is InChI=1S/C16H24O3/c1-4-16(9-17)10-18-15(19-11-16)14-7-5-13(6-8-14)12(2)3/h5-8,12,15,17H,4,9-11H2,1-3H3. The molecule has 1 saturated heterocycles. The highest BCUT2D eigenvalue weighted by molar-refractivity contribution is 5.25. The summed E-state index contributed by atoms with van der Waals surface area (Å²) in [6.45, 7) is 7.63. The Morgan fingerprint density at radius 2 is 1.79 bits per heavy atom. The zero-order valence-corrected chi connectivity index (χ0v) is 12.1. The van der Waals surface area contributed by atoms with Crippen LogP contribution in [0, 0.1) is 5.41 Å². The molecule has 0 amide bonds. The molecule has 19 heavy (non-hydrogen) atoms. The van der Waals surface area contributed by atoms with Crippen LogP contribution in [0.25, 0.3) is 0 Å². The largest absolute Gasteiger partial charge is 0.396 e. The molecule has 0 aliphatic carbocycles. The molecule has 0 unspecified atom stereocenters. The van der Waals surface area contributed by atoms with Gasteiger partial charge in [-0.15, -0.1) is 0 Å². The lowest BCUT2D eigenvalue weighted by molar-refractivity contribution is -0.241. The van der Waals surface area contributed by atoms with Crippen molar-refractivity contribution in [2.75, 3.05) is 19.8 Å². The van der Waals surface area contributed by atoms with Crippen LogP contribution >= 0.6 is 0 Å². The molecule has 3 nitrogen and oxygen atoms in total. The van der Waals surface area contributed by atoms with Gasteiger partial charge in [0.1, 0.15) is 0 Å². The van der Waals surface area contributed by atoms with Crippen molar-refractivity contribution in [3.63, 3.8) is 0 Å². The van der Waals surface area contributed by atoms with Gasteiger partial charge in [0.05, 0.1) is 19.8 Å². The Bertz CT molecular complexity index is 383. The average Bonchev–Trinajstić information content (AvgIpc) is 2.47. The number of rotatable bonds is 4. The molecule has 1 aromatic carbocycles. The monoisotopic (exact) mass is 264 g/mol. The molecule has 3 heteroatoms. The molecule has 106 valence electrons. The SMILES string of the molecule is CCC1(CO)COC(c2ccc(C(C)C)cc2)OC1. The lowest BCUT2D eigenvalue weighted by Crippen LogP contribution is -2.41. The Kier molecular flexibility index (Phi) is 4.61. The molecule has 1 aliphatic heterocycles. The van der Waals surface area contributed by atoms with E-state index in [-0.39, 0.29) is 18.3 Å².